The molecule has 0 radical (unpaired) electrons. The third-order valence-corrected chi connectivity index (χ3v) is 2.85. The van der Waals surface area contributed by atoms with Crippen molar-refractivity contribution in [1.82, 2.24) is 9.88 Å². The quantitative estimate of drug-likeness (QED) is 0.626. The molecular weight excluding hydrogens is 238 g/mol. The molecule has 1 fully saturated rings. The third kappa shape index (κ3) is 2.55. The number of aromatic nitrogens is 1. The highest BCUT2D eigenvalue weighted by molar-refractivity contribution is 5.80. The molecule has 7 heteroatoms. The van der Waals surface area contributed by atoms with Crippen LogP contribution >= 0.6 is 0 Å². The van der Waals surface area contributed by atoms with E-state index in [2.05, 4.69) is 5.32 Å². The van der Waals surface area contributed by atoms with E-state index in [9.17, 15) is 19.7 Å². The average Bonchev–Trinajstić information content (AvgIpc) is 3.12. The summed E-state index contributed by atoms with van der Waals surface area (Å²) in [6.45, 7) is 1.54. The van der Waals surface area contributed by atoms with Crippen LogP contribution in [0.4, 0.5) is 5.69 Å². The molecule has 2 rings (SSSR count). The number of hydrogen-bond acceptors (Lipinski definition) is 4. The Morgan fingerprint density at radius 2 is 2.22 bits per heavy atom. The van der Waals surface area contributed by atoms with Crippen LogP contribution in [0.1, 0.15) is 25.8 Å². The lowest BCUT2D eigenvalue weighted by atomic mass is 10.3. The lowest BCUT2D eigenvalue weighted by Crippen LogP contribution is -2.36. The minimum atomic E-state index is -0.752. The molecule has 1 aliphatic rings. The Balaban J connectivity index is 2.24. The molecular formula is C11H13N3O4. The van der Waals surface area contributed by atoms with E-state index in [-0.39, 0.29) is 17.6 Å². The van der Waals surface area contributed by atoms with Gasteiger partial charge in [-0.1, -0.05) is 0 Å². The maximum atomic E-state index is 11.8. The van der Waals surface area contributed by atoms with Crippen LogP contribution in [0.3, 0.4) is 0 Å². The Bertz CT molecular complexity index is 547. The van der Waals surface area contributed by atoms with Gasteiger partial charge >= 0.3 is 0 Å². The number of amides is 1. The number of rotatable bonds is 4. The Labute approximate surface area is 103 Å². The fourth-order valence-corrected chi connectivity index (χ4v) is 1.58. The number of hydrogen-bond donors (Lipinski definition) is 1. The second-order valence-corrected chi connectivity index (χ2v) is 4.35. The first-order chi connectivity index (χ1) is 8.49. The summed E-state index contributed by atoms with van der Waals surface area (Å²) in [6, 6.07) is 1.66. The van der Waals surface area contributed by atoms with Crippen molar-refractivity contribution in [3.05, 3.63) is 38.8 Å². The summed E-state index contributed by atoms with van der Waals surface area (Å²) in [6.07, 6.45) is 2.99. The molecule has 1 N–H and O–H groups in total. The van der Waals surface area contributed by atoms with Crippen LogP contribution in [0.5, 0.6) is 0 Å². The Morgan fingerprint density at radius 3 is 2.78 bits per heavy atom. The van der Waals surface area contributed by atoms with Gasteiger partial charge in [-0.2, -0.15) is 0 Å². The minimum absolute atomic E-state index is 0.189. The summed E-state index contributed by atoms with van der Waals surface area (Å²) in [5.41, 5.74) is -0.639. The van der Waals surface area contributed by atoms with E-state index >= 15 is 0 Å². The van der Waals surface area contributed by atoms with Crippen molar-refractivity contribution in [2.75, 3.05) is 0 Å². The Hall–Kier alpha value is -2.18. The largest absolute Gasteiger partial charge is 0.352 e. The van der Waals surface area contributed by atoms with Gasteiger partial charge in [-0.05, 0) is 19.8 Å². The van der Waals surface area contributed by atoms with Crippen LogP contribution in [0.15, 0.2) is 23.1 Å². The highest BCUT2D eigenvalue weighted by Crippen LogP contribution is 2.20. The highest BCUT2D eigenvalue weighted by atomic mass is 16.6. The summed E-state index contributed by atoms with van der Waals surface area (Å²) in [7, 11) is 0. The van der Waals surface area contributed by atoms with E-state index in [4.69, 9.17) is 0 Å². The van der Waals surface area contributed by atoms with Crippen molar-refractivity contribution >= 4 is 11.6 Å². The van der Waals surface area contributed by atoms with Gasteiger partial charge in [0.25, 0.3) is 11.2 Å². The van der Waals surface area contributed by atoms with Crippen LogP contribution in [-0.2, 0) is 4.79 Å². The second-order valence-electron chi connectivity index (χ2n) is 4.35. The van der Waals surface area contributed by atoms with E-state index in [1.54, 1.807) is 6.92 Å². The summed E-state index contributed by atoms with van der Waals surface area (Å²) < 4.78 is 1.08. The molecule has 0 spiro atoms. The molecule has 1 heterocycles. The molecule has 0 unspecified atom stereocenters. The maximum Gasteiger partial charge on any atom is 0.285 e. The van der Waals surface area contributed by atoms with E-state index in [0.29, 0.717) is 0 Å². The van der Waals surface area contributed by atoms with Crippen LogP contribution < -0.4 is 10.9 Å². The Kier molecular flexibility index (Phi) is 3.14. The Morgan fingerprint density at radius 1 is 1.56 bits per heavy atom. The summed E-state index contributed by atoms with van der Waals surface area (Å²) >= 11 is 0. The van der Waals surface area contributed by atoms with Gasteiger partial charge in [0.15, 0.2) is 0 Å². The molecule has 0 aliphatic heterocycles. The van der Waals surface area contributed by atoms with E-state index in [1.165, 1.54) is 0 Å². The third-order valence-electron chi connectivity index (χ3n) is 2.85. The molecule has 1 aromatic heterocycles. The van der Waals surface area contributed by atoms with Crippen molar-refractivity contribution < 1.29 is 9.72 Å². The van der Waals surface area contributed by atoms with Crippen LogP contribution in [0, 0.1) is 10.1 Å². The van der Waals surface area contributed by atoms with Crippen LogP contribution in [0.2, 0.25) is 0 Å². The average molecular weight is 251 g/mol. The lowest BCUT2D eigenvalue weighted by molar-refractivity contribution is -0.385. The summed E-state index contributed by atoms with van der Waals surface area (Å²) in [4.78, 5) is 33.4. The molecule has 7 nitrogen and oxygen atoms in total. The van der Waals surface area contributed by atoms with Crippen molar-refractivity contribution in [2.45, 2.75) is 31.8 Å². The molecule has 1 atom stereocenters. The molecule has 0 saturated heterocycles. The molecule has 1 aromatic rings. The van der Waals surface area contributed by atoms with Gasteiger partial charge in [0.1, 0.15) is 6.04 Å². The molecule has 0 aromatic carbocycles. The zero-order chi connectivity index (χ0) is 13.3. The molecule has 96 valence electrons. The van der Waals surface area contributed by atoms with Gasteiger partial charge in [0.2, 0.25) is 5.91 Å². The fourth-order valence-electron chi connectivity index (χ4n) is 1.58. The van der Waals surface area contributed by atoms with Gasteiger partial charge in [0.05, 0.1) is 11.1 Å². The zero-order valence-corrected chi connectivity index (χ0v) is 9.83. The molecule has 1 saturated carbocycles. The van der Waals surface area contributed by atoms with Crippen LogP contribution in [0.25, 0.3) is 0 Å². The highest BCUT2D eigenvalue weighted by Gasteiger charge is 2.27. The SMILES string of the molecule is C[C@@H](C(=O)NC1CC1)n1cc([N+](=O)[O-])ccc1=O. The normalized spacial score (nSPS) is 16.1. The molecule has 1 aliphatic carbocycles. The maximum absolute atomic E-state index is 11.8. The second kappa shape index (κ2) is 4.59. The number of carbonyl (C=O) groups is 1. The van der Waals surface area contributed by atoms with Crippen molar-refractivity contribution in [2.24, 2.45) is 0 Å². The van der Waals surface area contributed by atoms with Crippen molar-refractivity contribution in [3.8, 4) is 0 Å². The van der Waals surface area contributed by atoms with Gasteiger partial charge in [-0.25, -0.2) is 0 Å². The van der Waals surface area contributed by atoms with E-state index in [1.807, 2.05) is 0 Å². The van der Waals surface area contributed by atoms with Gasteiger partial charge in [-0.3, -0.25) is 24.3 Å². The number of nitrogens with zero attached hydrogens (tertiary/aromatic N) is 2. The summed E-state index contributed by atoms with van der Waals surface area (Å²) in [5.74, 6) is -0.292. The predicted molar refractivity (Wildman–Crippen MR) is 63.2 cm³/mol. The monoisotopic (exact) mass is 251 g/mol. The number of pyridine rings is 1. The molecule has 0 bridgehead atoms. The van der Waals surface area contributed by atoms with Gasteiger partial charge < -0.3 is 5.32 Å². The van der Waals surface area contributed by atoms with E-state index < -0.39 is 16.5 Å². The first kappa shape index (κ1) is 12.3. The smallest absolute Gasteiger partial charge is 0.285 e. The number of nitrogens with one attached hydrogen (secondary N) is 1. The summed E-state index contributed by atoms with van der Waals surface area (Å²) in [5, 5.41) is 13.4. The standard InChI is InChI=1S/C11H13N3O4/c1-7(11(16)12-8-2-3-8)13-6-9(14(17)18)4-5-10(13)15/h4-8H,2-3H2,1H3,(H,12,16)/t7-/m0/s1. The topological polar surface area (TPSA) is 94.2 Å². The first-order valence-corrected chi connectivity index (χ1v) is 5.66. The molecule has 18 heavy (non-hydrogen) atoms. The first-order valence-electron chi connectivity index (χ1n) is 5.66. The van der Waals surface area contributed by atoms with Crippen LogP contribution in [-0.4, -0.2) is 21.4 Å². The zero-order valence-electron chi connectivity index (χ0n) is 9.83. The van der Waals surface area contributed by atoms with Crippen molar-refractivity contribution in [1.29, 1.82) is 0 Å². The fraction of sp³-hybridized carbons (Fsp3) is 0.455. The number of carbonyl (C=O) groups excluding carboxylic acids is 1. The lowest BCUT2D eigenvalue weighted by Gasteiger charge is -2.14. The van der Waals surface area contributed by atoms with Gasteiger partial charge in [0, 0.05) is 18.2 Å². The number of nitro groups is 1. The predicted octanol–water partition coefficient (Wildman–Crippen LogP) is 0.596. The minimum Gasteiger partial charge on any atom is -0.352 e. The van der Waals surface area contributed by atoms with E-state index in [0.717, 1.165) is 35.7 Å². The van der Waals surface area contributed by atoms with Crippen molar-refractivity contribution in [3.63, 3.8) is 0 Å². The molecule has 1 amide bonds. The van der Waals surface area contributed by atoms with Gasteiger partial charge in [-0.15, -0.1) is 0 Å².